The summed E-state index contributed by atoms with van der Waals surface area (Å²) in [6.07, 6.45) is 0. The number of hydrogen-bond donors (Lipinski definition) is 1. The van der Waals surface area contributed by atoms with Crippen molar-refractivity contribution in [2.75, 3.05) is 6.61 Å². The second-order valence-electron chi connectivity index (χ2n) is 4.26. The van der Waals surface area contributed by atoms with Gasteiger partial charge in [-0.3, -0.25) is 0 Å². The molecule has 1 unspecified atom stereocenters. The molecule has 2 nitrogen and oxygen atoms in total. The molecule has 0 aliphatic heterocycles. The average Bonchev–Trinajstić information content (AvgIpc) is 2.83. The number of rotatable bonds is 5. The highest BCUT2D eigenvalue weighted by Gasteiger charge is 2.22. The molecule has 1 N–H and O–H groups in total. The molecule has 0 bridgehead atoms. The molecule has 3 heteroatoms. The van der Waals surface area contributed by atoms with Gasteiger partial charge in [0.1, 0.15) is 5.60 Å². The van der Waals surface area contributed by atoms with Gasteiger partial charge < -0.3 is 9.84 Å². The van der Waals surface area contributed by atoms with Crippen LogP contribution in [0, 0.1) is 0 Å². The van der Waals surface area contributed by atoms with E-state index in [0.29, 0.717) is 13.2 Å². The lowest BCUT2D eigenvalue weighted by Gasteiger charge is -2.23. The average molecular weight is 248 g/mol. The maximum atomic E-state index is 10.3. The molecule has 0 aliphatic carbocycles. The quantitative estimate of drug-likeness (QED) is 0.880. The Balaban J connectivity index is 1.90. The van der Waals surface area contributed by atoms with E-state index in [1.807, 2.05) is 41.8 Å². The van der Waals surface area contributed by atoms with Crippen LogP contribution in [-0.2, 0) is 16.9 Å². The summed E-state index contributed by atoms with van der Waals surface area (Å²) in [6.45, 7) is 2.62. The standard InChI is InChI=1S/C14H16O2S/c1-14(15,13-5-3-2-4-6-13)11-16-9-12-7-8-17-10-12/h2-8,10,15H,9,11H2,1H3. The van der Waals surface area contributed by atoms with Crippen molar-refractivity contribution in [1.29, 1.82) is 0 Å². The van der Waals surface area contributed by atoms with Crippen LogP contribution in [0.15, 0.2) is 47.2 Å². The summed E-state index contributed by atoms with van der Waals surface area (Å²) >= 11 is 1.65. The summed E-state index contributed by atoms with van der Waals surface area (Å²) in [7, 11) is 0. The molecule has 0 spiro atoms. The maximum Gasteiger partial charge on any atom is 0.110 e. The third kappa shape index (κ3) is 3.40. The monoisotopic (exact) mass is 248 g/mol. The number of hydrogen-bond acceptors (Lipinski definition) is 3. The van der Waals surface area contributed by atoms with Crippen LogP contribution in [0.4, 0.5) is 0 Å². The molecule has 0 fully saturated rings. The van der Waals surface area contributed by atoms with Crippen molar-refractivity contribution in [3.8, 4) is 0 Å². The van der Waals surface area contributed by atoms with Gasteiger partial charge in [-0.25, -0.2) is 0 Å². The largest absolute Gasteiger partial charge is 0.383 e. The normalized spacial score (nSPS) is 14.5. The summed E-state index contributed by atoms with van der Waals surface area (Å²) in [6, 6.07) is 11.6. The van der Waals surface area contributed by atoms with Gasteiger partial charge in [0.15, 0.2) is 0 Å². The lowest BCUT2D eigenvalue weighted by Crippen LogP contribution is -2.27. The molecule has 0 aliphatic rings. The highest BCUT2D eigenvalue weighted by atomic mass is 32.1. The fourth-order valence-electron chi connectivity index (χ4n) is 1.62. The van der Waals surface area contributed by atoms with Crippen LogP contribution in [0.3, 0.4) is 0 Å². The molecule has 0 saturated carbocycles. The number of benzene rings is 1. The Bertz CT molecular complexity index is 435. The molecule has 1 heterocycles. The Morgan fingerprint density at radius 2 is 2.00 bits per heavy atom. The summed E-state index contributed by atoms with van der Waals surface area (Å²) in [5.41, 5.74) is 1.10. The van der Waals surface area contributed by atoms with Crippen molar-refractivity contribution >= 4 is 11.3 Å². The van der Waals surface area contributed by atoms with Gasteiger partial charge >= 0.3 is 0 Å². The van der Waals surface area contributed by atoms with E-state index in [2.05, 4.69) is 5.38 Å². The van der Waals surface area contributed by atoms with Crippen molar-refractivity contribution in [2.24, 2.45) is 0 Å². The number of aliphatic hydroxyl groups is 1. The van der Waals surface area contributed by atoms with Crippen LogP contribution in [0.25, 0.3) is 0 Å². The van der Waals surface area contributed by atoms with Gasteiger partial charge in [0, 0.05) is 0 Å². The van der Waals surface area contributed by atoms with Crippen LogP contribution in [-0.4, -0.2) is 11.7 Å². The zero-order valence-electron chi connectivity index (χ0n) is 9.80. The third-order valence-electron chi connectivity index (χ3n) is 2.63. The molecule has 1 atom stereocenters. The first kappa shape index (κ1) is 12.3. The Morgan fingerprint density at radius 1 is 1.24 bits per heavy atom. The summed E-state index contributed by atoms with van der Waals surface area (Å²) in [4.78, 5) is 0. The van der Waals surface area contributed by atoms with Crippen molar-refractivity contribution < 1.29 is 9.84 Å². The SMILES string of the molecule is CC(O)(COCc1ccsc1)c1ccccc1. The van der Waals surface area contributed by atoms with Gasteiger partial charge in [0.2, 0.25) is 0 Å². The van der Waals surface area contributed by atoms with E-state index in [9.17, 15) is 5.11 Å². The predicted molar refractivity (Wildman–Crippen MR) is 70.0 cm³/mol. The van der Waals surface area contributed by atoms with Crippen molar-refractivity contribution in [1.82, 2.24) is 0 Å². The van der Waals surface area contributed by atoms with E-state index in [4.69, 9.17) is 4.74 Å². The van der Waals surface area contributed by atoms with Gasteiger partial charge in [0.25, 0.3) is 0 Å². The fourth-order valence-corrected chi connectivity index (χ4v) is 2.28. The molecular formula is C14H16O2S. The highest BCUT2D eigenvalue weighted by Crippen LogP contribution is 2.21. The Labute approximate surface area is 105 Å². The van der Waals surface area contributed by atoms with Crippen LogP contribution in [0.2, 0.25) is 0 Å². The minimum Gasteiger partial charge on any atom is -0.383 e. The molecule has 17 heavy (non-hydrogen) atoms. The Hall–Kier alpha value is -1.16. The summed E-state index contributed by atoms with van der Waals surface area (Å²) in [5, 5.41) is 14.4. The molecule has 90 valence electrons. The molecule has 2 aromatic rings. The van der Waals surface area contributed by atoms with E-state index in [1.165, 1.54) is 0 Å². The molecule has 2 rings (SSSR count). The Morgan fingerprint density at radius 3 is 2.65 bits per heavy atom. The maximum absolute atomic E-state index is 10.3. The van der Waals surface area contributed by atoms with Gasteiger partial charge in [-0.2, -0.15) is 11.3 Å². The van der Waals surface area contributed by atoms with Crippen molar-refractivity contribution in [3.63, 3.8) is 0 Å². The van der Waals surface area contributed by atoms with Gasteiger partial charge in [-0.05, 0) is 34.9 Å². The Kier molecular flexibility index (Phi) is 3.94. The lowest BCUT2D eigenvalue weighted by atomic mass is 9.97. The minimum atomic E-state index is -0.933. The van der Waals surface area contributed by atoms with Crippen molar-refractivity contribution in [2.45, 2.75) is 19.1 Å². The summed E-state index contributed by atoms with van der Waals surface area (Å²) < 4.78 is 5.55. The number of ether oxygens (including phenoxy) is 1. The predicted octanol–water partition coefficient (Wildman–Crippen LogP) is 3.17. The van der Waals surface area contributed by atoms with Gasteiger partial charge in [-0.1, -0.05) is 30.3 Å². The molecule has 0 amide bonds. The van der Waals surface area contributed by atoms with E-state index in [0.717, 1.165) is 11.1 Å². The molecule has 1 aromatic carbocycles. The topological polar surface area (TPSA) is 29.5 Å². The van der Waals surface area contributed by atoms with Crippen LogP contribution >= 0.6 is 11.3 Å². The second-order valence-corrected chi connectivity index (χ2v) is 5.04. The molecule has 1 aromatic heterocycles. The lowest BCUT2D eigenvalue weighted by molar-refractivity contribution is -0.0434. The van der Waals surface area contributed by atoms with E-state index in [-0.39, 0.29) is 0 Å². The van der Waals surface area contributed by atoms with Crippen molar-refractivity contribution in [3.05, 3.63) is 58.3 Å². The van der Waals surface area contributed by atoms with Crippen LogP contribution < -0.4 is 0 Å². The zero-order valence-corrected chi connectivity index (χ0v) is 10.6. The number of thiophene rings is 1. The van der Waals surface area contributed by atoms with Crippen LogP contribution in [0.1, 0.15) is 18.1 Å². The molecule has 0 radical (unpaired) electrons. The van der Waals surface area contributed by atoms with Crippen LogP contribution in [0.5, 0.6) is 0 Å². The second kappa shape index (κ2) is 5.45. The minimum absolute atomic E-state index is 0.298. The fraction of sp³-hybridized carbons (Fsp3) is 0.286. The van der Waals surface area contributed by atoms with E-state index in [1.54, 1.807) is 18.3 Å². The highest BCUT2D eigenvalue weighted by molar-refractivity contribution is 7.07. The first-order valence-corrected chi connectivity index (χ1v) is 6.49. The summed E-state index contributed by atoms with van der Waals surface area (Å²) in [5.74, 6) is 0. The molecular weight excluding hydrogens is 232 g/mol. The van der Waals surface area contributed by atoms with E-state index >= 15 is 0 Å². The zero-order chi connectivity index (χ0) is 12.1. The third-order valence-corrected chi connectivity index (χ3v) is 3.36. The van der Waals surface area contributed by atoms with E-state index < -0.39 is 5.60 Å². The molecule has 0 saturated heterocycles. The smallest absolute Gasteiger partial charge is 0.110 e. The first-order chi connectivity index (χ1) is 8.18. The first-order valence-electron chi connectivity index (χ1n) is 5.55. The van der Waals surface area contributed by atoms with Gasteiger partial charge in [0.05, 0.1) is 13.2 Å². The van der Waals surface area contributed by atoms with Gasteiger partial charge in [-0.15, -0.1) is 0 Å².